The molecule has 0 aromatic heterocycles. The van der Waals surface area contributed by atoms with E-state index in [4.69, 9.17) is 4.74 Å². The van der Waals surface area contributed by atoms with E-state index in [2.05, 4.69) is 45.0 Å². The third-order valence-electron chi connectivity index (χ3n) is 2.82. The standard InChI is InChI=1S/C16H34N2O2/c1-13(2)11-16(6,7)12-18(8)10-9-17-14(19)20-15(3,4)5/h13H,9-12H2,1-8H3,(H,17,19). The molecule has 0 aromatic rings. The minimum Gasteiger partial charge on any atom is -0.444 e. The number of amides is 1. The van der Waals surface area contributed by atoms with Crippen LogP contribution in [-0.2, 0) is 4.74 Å². The van der Waals surface area contributed by atoms with Gasteiger partial charge < -0.3 is 15.0 Å². The van der Waals surface area contributed by atoms with Gasteiger partial charge in [0.15, 0.2) is 0 Å². The molecule has 20 heavy (non-hydrogen) atoms. The highest BCUT2D eigenvalue weighted by Crippen LogP contribution is 2.25. The highest BCUT2D eigenvalue weighted by Gasteiger charge is 2.21. The Morgan fingerprint density at radius 1 is 1.20 bits per heavy atom. The minimum absolute atomic E-state index is 0.300. The van der Waals surface area contributed by atoms with E-state index in [0.717, 1.165) is 13.1 Å². The van der Waals surface area contributed by atoms with Crippen molar-refractivity contribution in [2.45, 2.75) is 60.5 Å². The third-order valence-corrected chi connectivity index (χ3v) is 2.82. The van der Waals surface area contributed by atoms with Gasteiger partial charge in [0, 0.05) is 19.6 Å². The molecule has 1 amide bonds. The third kappa shape index (κ3) is 11.1. The van der Waals surface area contributed by atoms with Crippen molar-refractivity contribution >= 4 is 6.09 Å². The summed E-state index contributed by atoms with van der Waals surface area (Å²) in [5.74, 6) is 0.707. The van der Waals surface area contributed by atoms with Crippen LogP contribution >= 0.6 is 0 Å². The Kier molecular flexibility index (Phi) is 7.56. The van der Waals surface area contributed by atoms with Crippen LogP contribution in [0, 0.1) is 11.3 Å². The predicted molar refractivity (Wildman–Crippen MR) is 85.0 cm³/mol. The Labute approximate surface area is 125 Å². The number of ether oxygens (including phenoxy) is 1. The molecule has 0 aliphatic rings. The van der Waals surface area contributed by atoms with E-state index in [9.17, 15) is 4.79 Å². The van der Waals surface area contributed by atoms with E-state index in [1.54, 1.807) is 0 Å². The zero-order chi connectivity index (χ0) is 16.0. The van der Waals surface area contributed by atoms with Gasteiger partial charge in [0.25, 0.3) is 0 Å². The van der Waals surface area contributed by atoms with Gasteiger partial charge in [-0.2, -0.15) is 0 Å². The van der Waals surface area contributed by atoms with E-state index < -0.39 is 5.60 Å². The Morgan fingerprint density at radius 2 is 1.75 bits per heavy atom. The van der Waals surface area contributed by atoms with Crippen LogP contribution in [0.2, 0.25) is 0 Å². The zero-order valence-corrected chi connectivity index (χ0v) is 14.7. The average molecular weight is 286 g/mol. The van der Waals surface area contributed by atoms with Crippen LogP contribution in [-0.4, -0.2) is 43.3 Å². The molecule has 0 aliphatic heterocycles. The molecule has 0 aliphatic carbocycles. The normalized spacial score (nSPS) is 12.9. The minimum atomic E-state index is -0.435. The summed E-state index contributed by atoms with van der Waals surface area (Å²) in [5, 5.41) is 2.79. The molecule has 0 spiro atoms. The predicted octanol–water partition coefficient (Wildman–Crippen LogP) is 3.52. The van der Waals surface area contributed by atoms with E-state index in [1.807, 2.05) is 20.8 Å². The van der Waals surface area contributed by atoms with E-state index in [1.165, 1.54) is 6.42 Å². The average Bonchev–Trinajstić information content (AvgIpc) is 2.10. The molecule has 0 bridgehead atoms. The molecule has 0 aromatic carbocycles. The molecule has 4 nitrogen and oxygen atoms in total. The second-order valence-electron chi connectivity index (χ2n) is 7.93. The monoisotopic (exact) mass is 286 g/mol. The molecule has 1 N–H and O–H groups in total. The summed E-state index contributed by atoms with van der Waals surface area (Å²) in [4.78, 5) is 13.8. The first kappa shape index (κ1) is 19.2. The number of hydrogen-bond donors (Lipinski definition) is 1. The fraction of sp³-hybridized carbons (Fsp3) is 0.938. The lowest BCUT2D eigenvalue weighted by Crippen LogP contribution is -2.39. The second kappa shape index (κ2) is 7.87. The summed E-state index contributed by atoms with van der Waals surface area (Å²) >= 11 is 0. The quantitative estimate of drug-likeness (QED) is 0.778. The lowest BCUT2D eigenvalue weighted by Gasteiger charge is -2.32. The summed E-state index contributed by atoms with van der Waals surface area (Å²) in [5.41, 5.74) is -0.135. The van der Waals surface area contributed by atoms with E-state index in [0.29, 0.717) is 17.9 Å². The highest BCUT2D eigenvalue weighted by atomic mass is 16.6. The number of alkyl carbamates (subject to hydrolysis) is 1. The molecule has 0 rings (SSSR count). The Hall–Kier alpha value is -0.770. The topological polar surface area (TPSA) is 41.6 Å². The van der Waals surface area contributed by atoms with E-state index >= 15 is 0 Å². The fourth-order valence-electron chi connectivity index (χ4n) is 2.64. The van der Waals surface area contributed by atoms with Crippen LogP contribution < -0.4 is 5.32 Å². The first-order chi connectivity index (χ1) is 8.91. The Bertz CT molecular complexity index is 293. The zero-order valence-electron chi connectivity index (χ0n) is 14.7. The molecule has 0 radical (unpaired) electrons. The maximum Gasteiger partial charge on any atom is 0.407 e. The van der Waals surface area contributed by atoms with Crippen molar-refractivity contribution in [3.8, 4) is 0 Å². The number of carbonyl (C=O) groups is 1. The van der Waals surface area contributed by atoms with Crippen molar-refractivity contribution in [2.24, 2.45) is 11.3 Å². The van der Waals surface area contributed by atoms with Crippen LogP contribution in [0.5, 0.6) is 0 Å². The van der Waals surface area contributed by atoms with Gasteiger partial charge in [-0.05, 0) is 45.6 Å². The number of likely N-dealkylation sites (N-methyl/N-ethyl adjacent to an activating group) is 1. The van der Waals surface area contributed by atoms with Gasteiger partial charge in [-0.1, -0.05) is 27.7 Å². The van der Waals surface area contributed by atoms with Gasteiger partial charge in [-0.25, -0.2) is 4.79 Å². The first-order valence-corrected chi connectivity index (χ1v) is 7.57. The molecule has 0 atom stereocenters. The van der Waals surface area contributed by atoms with Gasteiger partial charge >= 0.3 is 6.09 Å². The van der Waals surface area contributed by atoms with Crippen LogP contribution in [0.1, 0.15) is 54.9 Å². The van der Waals surface area contributed by atoms with Crippen LogP contribution in [0.4, 0.5) is 4.79 Å². The van der Waals surface area contributed by atoms with E-state index in [-0.39, 0.29) is 6.09 Å². The summed E-state index contributed by atoms with van der Waals surface area (Å²) < 4.78 is 5.20. The smallest absolute Gasteiger partial charge is 0.407 e. The fourth-order valence-corrected chi connectivity index (χ4v) is 2.64. The van der Waals surface area contributed by atoms with Crippen molar-refractivity contribution in [1.82, 2.24) is 10.2 Å². The lowest BCUT2D eigenvalue weighted by molar-refractivity contribution is 0.0521. The number of hydrogen-bond acceptors (Lipinski definition) is 3. The van der Waals surface area contributed by atoms with Crippen molar-refractivity contribution < 1.29 is 9.53 Å². The highest BCUT2D eigenvalue weighted by molar-refractivity contribution is 5.67. The van der Waals surface area contributed by atoms with Gasteiger partial charge in [-0.3, -0.25) is 0 Å². The van der Waals surface area contributed by atoms with Gasteiger partial charge in [0.1, 0.15) is 5.60 Å². The largest absolute Gasteiger partial charge is 0.444 e. The van der Waals surface area contributed by atoms with Crippen LogP contribution in [0.3, 0.4) is 0 Å². The molecule has 0 unspecified atom stereocenters. The summed E-state index contributed by atoms with van der Waals surface area (Å²) in [6.07, 6.45) is 0.865. The summed E-state index contributed by atoms with van der Waals surface area (Å²) in [6, 6.07) is 0. The maximum atomic E-state index is 11.5. The van der Waals surface area contributed by atoms with Crippen LogP contribution in [0.25, 0.3) is 0 Å². The van der Waals surface area contributed by atoms with Crippen molar-refractivity contribution in [3.63, 3.8) is 0 Å². The first-order valence-electron chi connectivity index (χ1n) is 7.57. The molecule has 4 heteroatoms. The number of nitrogens with zero attached hydrogens (tertiary/aromatic N) is 1. The summed E-state index contributed by atoms with van der Waals surface area (Å²) in [7, 11) is 2.10. The molecule has 0 saturated heterocycles. The van der Waals surface area contributed by atoms with Gasteiger partial charge in [0.2, 0.25) is 0 Å². The van der Waals surface area contributed by atoms with Crippen molar-refractivity contribution in [2.75, 3.05) is 26.7 Å². The van der Waals surface area contributed by atoms with Crippen LogP contribution in [0.15, 0.2) is 0 Å². The number of rotatable bonds is 7. The van der Waals surface area contributed by atoms with Gasteiger partial charge in [-0.15, -0.1) is 0 Å². The summed E-state index contributed by atoms with van der Waals surface area (Å²) in [6.45, 7) is 17.2. The molecule has 0 heterocycles. The Balaban J connectivity index is 3.94. The molecule has 0 saturated carbocycles. The maximum absolute atomic E-state index is 11.5. The molecule has 120 valence electrons. The second-order valence-corrected chi connectivity index (χ2v) is 7.93. The van der Waals surface area contributed by atoms with Crippen molar-refractivity contribution in [3.05, 3.63) is 0 Å². The Morgan fingerprint density at radius 3 is 2.20 bits per heavy atom. The SMILES string of the molecule is CC(C)CC(C)(C)CN(C)CCNC(=O)OC(C)(C)C. The molecule has 0 fully saturated rings. The lowest BCUT2D eigenvalue weighted by atomic mass is 9.83. The van der Waals surface area contributed by atoms with Crippen molar-refractivity contribution in [1.29, 1.82) is 0 Å². The number of carbonyl (C=O) groups excluding carboxylic acids is 1. The van der Waals surface area contributed by atoms with Gasteiger partial charge in [0.05, 0.1) is 0 Å². The molecular weight excluding hydrogens is 252 g/mol. The molecular formula is C16H34N2O2. The number of nitrogens with one attached hydrogen (secondary N) is 1.